The molecule has 0 radical (unpaired) electrons. The molecule has 25 heavy (non-hydrogen) atoms. The van der Waals surface area contributed by atoms with E-state index in [4.69, 9.17) is 0 Å². The maximum Gasteiger partial charge on any atom is 0.274 e. The van der Waals surface area contributed by atoms with E-state index < -0.39 is 5.41 Å². The van der Waals surface area contributed by atoms with Crippen LogP contribution in [0.2, 0.25) is 0 Å². The van der Waals surface area contributed by atoms with Crippen LogP contribution in [0.4, 0.5) is 5.69 Å². The Kier molecular flexibility index (Phi) is 3.87. The van der Waals surface area contributed by atoms with Crippen LogP contribution in [0.1, 0.15) is 29.8 Å². The lowest BCUT2D eigenvalue weighted by Gasteiger charge is -2.38. The van der Waals surface area contributed by atoms with Gasteiger partial charge in [-0.3, -0.25) is 14.6 Å². The smallest absolute Gasteiger partial charge is 0.274 e. The molecule has 2 aromatic heterocycles. The third-order valence-electron chi connectivity index (χ3n) is 5.02. The van der Waals surface area contributed by atoms with Crippen molar-refractivity contribution >= 4 is 17.5 Å². The first-order valence-electron chi connectivity index (χ1n) is 8.32. The van der Waals surface area contributed by atoms with Crippen LogP contribution < -0.4 is 4.90 Å². The van der Waals surface area contributed by atoms with E-state index in [1.54, 1.807) is 22.2 Å². The number of nitrogens with zero attached hydrogens (tertiary/aromatic N) is 6. The highest BCUT2D eigenvalue weighted by molar-refractivity contribution is 6.00. The van der Waals surface area contributed by atoms with Crippen molar-refractivity contribution in [3.8, 4) is 0 Å². The highest BCUT2D eigenvalue weighted by atomic mass is 16.2. The Labute approximate surface area is 144 Å². The first-order valence-corrected chi connectivity index (χ1v) is 8.32. The van der Waals surface area contributed by atoms with Crippen molar-refractivity contribution in [2.45, 2.75) is 19.3 Å². The summed E-state index contributed by atoms with van der Waals surface area (Å²) < 4.78 is 0. The molecule has 2 aliphatic rings. The minimum absolute atomic E-state index is 0.0546. The van der Waals surface area contributed by atoms with Crippen LogP contribution in [-0.2, 0) is 4.79 Å². The van der Waals surface area contributed by atoms with Gasteiger partial charge in [0.05, 0.1) is 29.7 Å². The number of aromatic nitrogens is 4. The van der Waals surface area contributed by atoms with Gasteiger partial charge in [-0.05, 0) is 19.3 Å². The molecule has 2 amide bonds. The fraction of sp³-hybridized carbons (Fsp3) is 0.412. The second kappa shape index (κ2) is 6.19. The van der Waals surface area contributed by atoms with Crippen LogP contribution in [0.3, 0.4) is 0 Å². The number of carbonyl (C=O) groups is 2. The molecule has 4 heterocycles. The van der Waals surface area contributed by atoms with Crippen molar-refractivity contribution in [1.29, 1.82) is 0 Å². The summed E-state index contributed by atoms with van der Waals surface area (Å²) in [6, 6.07) is 0. The summed E-state index contributed by atoms with van der Waals surface area (Å²) in [5, 5.41) is 0. The van der Waals surface area contributed by atoms with Crippen LogP contribution in [0.5, 0.6) is 0 Å². The van der Waals surface area contributed by atoms with E-state index in [1.807, 2.05) is 0 Å². The summed E-state index contributed by atoms with van der Waals surface area (Å²) in [5.41, 5.74) is 0.506. The summed E-state index contributed by atoms with van der Waals surface area (Å²) in [6.45, 7) is 1.68. The minimum atomic E-state index is -0.522. The lowest BCUT2D eigenvalue weighted by Crippen LogP contribution is -2.50. The number of likely N-dealkylation sites (tertiary alicyclic amines) is 1. The Hall–Kier alpha value is -2.90. The summed E-state index contributed by atoms with van der Waals surface area (Å²) in [5.74, 6) is -0.111. The van der Waals surface area contributed by atoms with Crippen molar-refractivity contribution in [1.82, 2.24) is 24.8 Å². The average Bonchev–Trinajstić information content (AvgIpc) is 2.98. The zero-order valence-electron chi connectivity index (χ0n) is 13.7. The van der Waals surface area contributed by atoms with E-state index >= 15 is 0 Å². The molecule has 1 spiro atoms. The predicted octanol–water partition coefficient (Wildman–Crippen LogP) is 0.926. The van der Waals surface area contributed by atoms with Crippen LogP contribution in [-0.4, -0.2) is 56.3 Å². The molecule has 8 nitrogen and oxygen atoms in total. The summed E-state index contributed by atoms with van der Waals surface area (Å²) in [6.07, 6.45) is 11.6. The molecule has 0 aromatic carbocycles. The molecule has 0 bridgehead atoms. The van der Waals surface area contributed by atoms with Gasteiger partial charge in [-0.15, -0.1) is 0 Å². The van der Waals surface area contributed by atoms with Crippen molar-refractivity contribution in [2.75, 3.05) is 24.5 Å². The van der Waals surface area contributed by atoms with E-state index in [9.17, 15) is 9.59 Å². The van der Waals surface area contributed by atoms with E-state index in [-0.39, 0.29) is 11.8 Å². The van der Waals surface area contributed by atoms with E-state index in [1.165, 1.54) is 24.9 Å². The van der Waals surface area contributed by atoms with E-state index in [0.29, 0.717) is 31.0 Å². The Morgan fingerprint density at radius 1 is 1.04 bits per heavy atom. The monoisotopic (exact) mass is 338 g/mol. The summed E-state index contributed by atoms with van der Waals surface area (Å²) in [4.78, 5) is 45.3. The van der Waals surface area contributed by atoms with Gasteiger partial charge in [-0.25, -0.2) is 15.0 Å². The highest BCUT2D eigenvalue weighted by Gasteiger charge is 2.50. The number of amides is 2. The van der Waals surface area contributed by atoms with Gasteiger partial charge in [-0.2, -0.15) is 0 Å². The number of rotatable bonds is 2. The Bertz CT molecular complexity index is 784. The number of hydrogen-bond donors (Lipinski definition) is 0. The summed E-state index contributed by atoms with van der Waals surface area (Å²) >= 11 is 0. The fourth-order valence-electron chi connectivity index (χ4n) is 3.75. The molecule has 2 fully saturated rings. The second-order valence-electron chi connectivity index (χ2n) is 6.50. The third-order valence-corrected chi connectivity index (χ3v) is 5.02. The lowest BCUT2D eigenvalue weighted by molar-refractivity contribution is -0.127. The maximum absolute atomic E-state index is 13.1. The predicted molar refractivity (Wildman–Crippen MR) is 88.6 cm³/mol. The van der Waals surface area contributed by atoms with Crippen molar-refractivity contribution in [3.63, 3.8) is 0 Å². The van der Waals surface area contributed by atoms with Gasteiger partial charge >= 0.3 is 0 Å². The molecular weight excluding hydrogens is 320 g/mol. The molecule has 8 heteroatoms. The minimum Gasteiger partial charge on any atom is -0.336 e. The molecule has 128 valence electrons. The van der Waals surface area contributed by atoms with Crippen LogP contribution >= 0.6 is 0 Å². The second-order valence-corrected chi connectivity index (χ2v) is 6.50. The van der Waals surface area contributed by atoms with Crippen molar-refractivity contribution in [3.05, 3.63) is 43.0 Å². The first-order chi connectivity index (χ1) is 12.2. The zero-order valence-corrected chi connectivity index (χ0v) is 13.7. The van der Waals surface area contributed by atoms with Crippen molar-refractivity contribution in [2.24, 2.45) is 5.41 Å². The number of carbonyl (C=O) groups excluding carboxylic acids is 2. The van der Waals surface area contributed by atoms with Gasteiger partial charge in [0, 0.05) is 32.0 Å². The molecule has 0 saturated carbocycles. The molecule has 1 atom stereocenters. The van der Waals surface area contributed by atoms with Gasteiger partial charge in [0.25, 0.3) is 5.91 Å². The molecular formula is C17H18N6O2. The van der Waals surface area contributed by atoms with Crippen molar-refractivity contribution < 1.29 is 9.59 Å². The van der Waals surface area contributed by atoms with E-state index in [2.05, 4.69) is 19.9 Å². The largest absolute Gasteiger partial charge is 0.336 e. The molecule has 2 aliphatic heterocycles. The number of anilines is 1. The van der Waals surface area contributed by atoms with Gasteiger partial charge in [0.2, 0.25) is 5.91 Å². The van der Waals surface area contributed by atoms with Crippen LogP contribution in [0, 0.1) is 5.41 Å². The normalized spacial score (nSPS) is 23.3. The maximum atomic E-state index is 13.1. The Balaban J connectivity index is 1.55. The molecule has 1 unspecified atom stereocenters. The Morgan fingerprint density at radius 3 is 2.64 bits per heavy atom. The molecule has 2 aromatic rings. The van der Waals surface area contributed by atoms with Gasteiger partial charge in [0.1, 0.15) is 12.0 Å². The average molecular weight is 338 g/mol. The molecule has 4 rings (SSSR count). The Morgan fingerprint density at radius 2 is 1.88 bits per heavy atom. The van der Waals surface area contributed by atoms with Gasteiger partial charge in [0.15, 0.2) is 0 Å². The molecule has 0 N–H and O–H groups in total. The standard InChI is InChI=1S/C17H18N6O2/c24-15(14-10-18-4-5-21-14)22-6-1-2-17(11-22)3-7-23(16(17)25)13-8-19-12-20-9-13/h4-5,8-10,12H,1-3,6-7,11H2. The molecule has 0 aliphatic carbocycles. The SMILES string of the molecule is O=C(c1cnccn1)N1CCCC2(CCN(c3cncnc3)C2=O)C1. The number of hydrogen-bond acceptors (Lipinski definition) is 6. The van der Waals surface area contributed by atoms with Crippen LogP contribution in [0.25, 0.3) is 0 Å². The summed E-state index contributed by atoms with van der Waals surface area (Å²) in [7, 11) is 0. The van der Waals surface area contributed by atoms with Gasteiger partial charge < -0.3 is 9.80 Å². The molecule has 2 saturated heterocycles. The van der Waals surface area contributed by atoms with Crippen LogP contribution in [0.15, 0.2) is 37.3 Å². The lowest BCUT2D eigenvalue weighted by atomic mass is 9.78. The van der Waals surface area contributed by atoms with E-state index in [0.717, 1.165) is 19.3 Å². The number of piperidine rings is 1. The first kappa shape index (κ1) is 15.6. The highest BCUT2D eigenvalue weighted by Crippen LogP contribution is 2.41. The topological polar surface area (TPSA) is 92.2 Å². The van der Waals surface area contributed by atoms with Gasteiger partial charge in [-0.1, -0.05) is 0 Å². The quantitative estimate of drug-likeness (QED) is 0.809. The fourth-order valence-corrected chi connectivity index (χ4v) is 3.75. The third kappa shape index (κ3) is 2.73. The zero-order chi connectivity index (χ0) is 17.3.